The Morgan fingerprint density at radius 3 is 2.89 bits per heavy atom. The summed E-state index contributed by atoms with van der Waals surface area (Å²) in [5.41, 5.74) is 8.16. The van der Waals surface area contributed by atoms with E-state index in [2.05, 4.69) is 15.4 Å². The van der Waals surface area contributed by atoms with Crippen LogP contribution in [0.15, 0.2) is 30.9 Å². The van der Waals surface area contributed by atoms with E-state index in [1.54, 1.807) is 42.6 Å². The van der Waals surface area contributed by atoms with Crippen molar-refractivity contribution >= 4 is 11.6 Å². The molecule has 2 aromatic heterocycles. The average Bonchev–Trinajstić information content (AvgIpc) is 2.78. The molecule has 1 unspecified atom stereocenters. The van der Waals surface area contributed by atoms with Gasteiger partial charge in [-0.15, -0.1) is 0 Å². The Hall–Kier alpha value is -2.21. The first-order chi connectivity index (χ1) is 8.58. The molecule has 2 aromatic rings. The molecular weight excluding hydrogens is 230 g/mol. The van der Waals surface area contributed by atoms with E-state index in [1.165, 1.54) is 0 Å². The highest BCUT2D eigenvalue weighted by Crippen LogP contribution is 2.15. The van der Waals surface area contributed by atoms with E-state index in [-0.39, 0.29) is 5.91 Å². The van der Waals surface area contributed by atoms with Crippen molar-refractivity contribution in [3.05, 3.63) is 42.0 Å². The number of nitrogens with two attached hydrogens (primary N) is 1. The maximum atomic E-state index is 12.0. The molecule has 0 radical (unpaired) electrons. The van der Waals surface area contributed by atoms with Crippen molar-refractivity contribution in [1.29, 1.82) is 0 Å². The lowest BCUT2D eigenvalue weighted by molar-refractivity contribution is -0.117. The fraction of sp³-hybridized carbons (Fsp3) is 0.250. The van der Waals surface area contributed by atoms with Crippen LogP contribution >= 0.6 is 0 Å². The lowest BCUT2D eigenvalue weighted by Gasteiger charge is -2.11. The number of carbonyl (C=O) groups excluding carboxylic acids is 1. The van der Waals surface area contributed by atoms with Gasteiger partial charge in [-0.25, -0.2) is 0 Å². The number of hydrogen-bond donors (Lipinski definition) is 2. The van der Waals surface area contributed by atoms with E-state index in [0.29, 0.717) is 11.3 Å². The summed E-state index contributed by atoms with van der Waals surface area (Å²) in [4.78, 5) is 15.9. The standard InChI is InChI=1S/C12H15N5O/c1-8-5-14-4-3-10(8)16-12(18)11(13)9-6-15-17(2)7-9/h3-7,11H,13H2,1-2H3,(H,14,16,18). The van der Waals surface area contributed by atoms with Crippen LogP contribution in [0.5, 0.6) is 0 Å². The average molecular weight is 245 g/mol. The monoisotopic (exact) mass is 245 g/mol. The predicted octanol–water partition coefficient (Wildman–Crippen LogP) is 0.762. The number of nitrogens with one attached hydrogen (secondary N) is 1. The van der Waals surface area contributed by atoms with Gasteiger partial charge in [-0.05, 0) is 18.6 Å². The quantitative estimate of drug-likeness (QED) is 0.836. The van der Waals surface area contributed by atoms with Gasteiger partial charge in [0.2, 0.25) is 5.91 Å². The molecule has 18 heavy (non-hydrogen) atoms. The predicted molar refractivity (Wildman–Crippen MR) is 67.7 cm³/mol. The van der Waals surface area contributed by atoms with Crippen molar-refractivity contribution in [1.82, 2.24) is 14.8 Å². The third-order valence-electron chi connectivity index (χ3n) is 2.64. The number of amides is 1. The van der Waals surface area contributed by atoms with Crippen LogP contribution in [0.3, 0.4) is 0 Å². The van der Waals surface area contributed by atoms with Crippen LogP contribution in [0.4, 0.5) is 5.69 Å². The summed E-state index contributed by atoms with van der Waals surface area (Å²) in [6.45, 7) is 1.87. The van der Waals surface area contributed by atoms with Crippen molar-refractivity contribution in [2.75, 3.05) is 5.32 Å². The van der Waals surface area contributed by atoms with E-state index in [9.17, 15) is 4.79 Å². The van der Waals surface area contributed by atoms with Gasteiger partial charge >= 0.3 is 0 Å². The topological polar surface area (TPSA) is 85.8 Å². The van der Waals surface area contributed by atoms with Crippen molar-refractivity contribution in [2.45, 2.75) is 13.0 Å². The Morgan fingerprint density at radius 1 is 1.50 bits per heavy atom. The summed E-state index contributed by atoms with van der Waals surface area (Å²) in [7, 11) is 1.78. The van der Waals surface area contributed by atoms with Crippen molar-refractivity contribution in [2.24, 2.45) is 12.8 Å². The Balaban J connectivity index is 2.11. The second-order valence-electron chi connectivity index (χ2n) is 4.10. The smallest absolute Gasteiger partial charge is 0.246 e. The fourth-order valence-corrected chi connectivity index (χ4v) is 1.58. The zero-order valence-electron chi connectivity index (χ0n) is 10.3. The molecule has 0 aliphatic heterocycles. The number of anilines is 1. The van der Waals surface area contributed by atoms with Gasteiger partial charge in [-0.2, -0.15) is 5.10 Å². The highest BCUT2D eigenvalue weighted by Gasteiger charge is 2.17. The molecule has 0 aliphatic carbocycles. The van der Waals surface area contributed by atoms with Crippen molar-refractivity contribution in [3.63, 3.8) is 0 Å². The van der Waals surface area contributed by atoms with Crippen LogP contribution in [-0.4, -0.2) is 20.7 Å². The van der Waals surface area contributed by atoms with Gasteiger partial charge < -0.3 is 11.1 Å². The van der Waals surface area contributed by atoms with Gasteiger partial charge in [-0.1, -0.05) is 0 Å². The molecule has 1 amide bonds. The highest BCUT2D eigenvalue weighted by atomic mass is 16.2. The van der Waals surface area contributed by atoms with Crippen molar-refractivity contribution < 1.29 is 4.79 Å². The molecule has 0 aliphatic rings. The SMILES string of the molecule is Cc1cnccc1NC(=O)C(N)c1cnn(C)c1. The minimum Gasteiger partial charge on any atom is -0.324 e. The van der Waals surface area contributed by atoms with Crippen LogP contribution in [0.25, 0.3) is 0 Å². The van der Waals surface area contributed by atoms with Crippen LogP contribution in [0, 0.1) is 6.92 Å². The molecule has 94 valence electrons. The minimum atomic E-state index is -0.730. The zero-order valence-corrected chi connectivity index (χ0v) is 10.3. The van der Waals surface area contributed by atoms with Gasteiger partial charge in [0.25, 0.3) is 0 Å². The molecule has 6 nitrogen and oxygen atoms in total. The lowest BCUT2D eigenvalue weighted by Crippen LogP contribution is -2.27. The van der Waals surface area contributed by atoms with E-state index >= 15 is 0 Å². The first-order valence-corrected chi connectivity index (χ1v) is 5.53. The van der Waals surface area contributed by atoms with E-state index in [4.69, 9.17) is 5.73 Å². The van der Waals surface area contributed by atoms with Gasteiger partial charge in [0.15, 0.2) is 0 Å². The first-order valence-electron chi connectivity index (χ1n) is 5.53. The molecular formula is C12H15N5O. The molecule has 0 aromatic carbocycles. The molecule has 0 saturated carbocycles. The van der Waals surface area contributed by atoms with Crippen LogP contribution in [-0.2, 0) is 11.8 Å². The second-order valence-corrected chi connectivity index (χ2v) is 4.10. The molecule has 0 fully saturated rings. The van der Waals surface area contributed by atoms with Gasteiger partial charge in [-0.3, -0.25) is 14.5 Å². The van der Waals surface area contributed by atoms with E-state index in [1.807, 2.05) is 6.92 Å². The largest absolute Gasteiger partial charge is 0.324 e. The number of nitrogens with zero attached hydrogens (tertiary/aromatic N) is 3. The summed E-state index contributed by atoms with van der Waals surface area (Å²) in [6.07, 6.45) is 6.62. The minimum absolute atomic E-state index is 0.266. The Bertz CT molecular complexity index is 563. The van der Waals surface area contributed by atoms with Crippen molar-refractivity contribution in [3.8, 4) is 0 Å². The molecule has 3 N–H and O–H groups in total. The fourth-order valence-electron chi connectivity index (χ4n) is 1.58. The Kier molecular flexibility index (Phi) is 3.38. The molecule has 2 rings (SSSR count). The van der Waals surface area contributed by atoms with Gasteiger partial charge in [0.05, 0.1) is 6.20 Å². The third kappa shape index (κ3) is 2.54. The normalized spacial score (nSPS) is 12.2. The highest BCUT2D eigenvalue weighted by molar-refractivity contribution is 5.95. The summed E-state index contributed by atoms with van der Waals surface area (Å²) >= 11 is 0. The molecule has 2 heterocycles. The number of carbonyl (C=O) groups is 1. The lowest BCUT2D eigenvalue weighted by atomic mass is 10.1. The molecule has 6 heteroatoms. The Labute approximate surface area is 105 Å². The van der Waals surface area contributed by atoms with Gasteiger partial charge in [0, 0.05) is 36.9 Å². The number of hydrogen-bond acceptors (Lipinski definition) is 4. The molecule has 0 spiro atoms. The molecule has 0 bridgehead atoms. The zero-order chi connectivity index (χ0) is 13.1. The number of rotatable bonds is 3. The van der Waals surface area contributed by atoms with Crippen LogP contribution in [0.2, 0.25) is 0 Å². The van der Waals surface area contributed by atoms with E-state index < -0.39 is 6.04 Å². The summed E-state index contributed by atoms with van der Waals surface area (Å²) < 4.78 is 1.61. The summed E-state index contributed by atoms with van der Waals surface area (Å²) in [5.74, 6) is -0.266. The Morgan fingerprint density at radius 2 is 2.28 bits per heavy atom. The number of aromatic nitrogens is 3. The number of pyridine rings is 1. The van der Waals surface area contributed by atoms with E-state index in [0.717, 1.165) is 5.56 Å². The summed E-state index contributed by atoms with van der Waals surface area (Å²) in [5, 5.41) is 6.77. The van der Waals surface area contributed by atoms with Crippen LogP contribution in [0.1, 0.15) is 17.2 Å². The molecule has 1 atom stereocenters. The molecule has 0 saturated heterocycles. The first kappa shape index (κ1) is 12.3. The maximum Gasteiger partial charge on any atom is 0.246 e. The maximum absolute atomic E-state index is 12.0. The van der Waals surface area contributed by atoms with Crippen LogP contribution < -0.4 is 11.1 Å². The summed E-state index contributed by atoms with van der Waals surface area (Å²) in [6, 6.07) is 1.01. The van der Waals surface area contributed by atoms with Gasteiger partial charge in [0.1, 0.15) is 6.04 Å². The number of aryl methyl sites for hydroxylation is 2. The second kappa shape index (κ2) is 4.97. The third-order valence-corrected chi connectivity index (χ3v) is 2.64.